The van der Waals surface area contributed by atoms with Crippen molar-refractivity contribution in [3.8, 4) is 0 Å². The number of esters is 3. The van der Waals surface area contributed by atoms with E-state index in [2.05, 4.69) is 93.7 Å². The van der Waals surface area contributed by atoms with Crippen molar-refractivity contribution in [3.63, 3.8) is 0 Å². The minimum Gasteiger partial charge on any atom is -0.462 e. The van der Waals surface area contributed by atoms with Gasteiger partial charge < -0.3 is 14.2 Å². The Morgan fingerprint density at radius 2 is 0.727 bits per heavy atom. The Hall–Kier alpha value is -3.15. The molecule has 1 atom stereocenters. The fraction of sp³-hybridized carbons (Fsp3) is 0.694. The van der Waals surface area contributed by atoms with Gasteiger partial charge in [-0.3, -0.25) is 14.4 Å². The van der Waals surface area contributed by atoms with E-state index in [9.17, 15) is 14.4 Å². The smallest absolute Gasteiger partial charge is 0.306 e. The van der Waals surface area contributed by atoms with Crippen molar-refractivity contribution in [2.75, 3.05) is 13.2 Å². The van der Waals surface area contributed by atoms with Crippen LogP contribution in [0.1, 0.15) is 201 Å². The number of ether oxygens (including phenoxy) is 3. The van der Waals surface area contributed by atoms with E-state index in [1.54, 1.807) is 0 Å². The fourth-order valence-corrected chi connectivity index (χ4v) is 5.79. The van der Waals surface area contributed by atoms with Gasteiger partial charge in [0.05, 0.1) is 0 Å². The highest BCUT2D eigenvalue weighted by Gasteiger charge is 2.19. The minimum atomic E-state index is -0.803. The van der Waals surface area contributed by atoms with Crippen molar-refractivity contribution in [1.82, 2.24) is 0 Å². The quantitative estimate of drug-likeness (QED) is 0.0268. The lowest BCUT2D eigenvalue weighted by Crippen LogP contribution is -2.30. The van der Waals surface area contributed by atoms with Gasteiger partial charge in [0.15, 0.2) is 6.10 Å². The number of carbonyl (C=O) groups is 3. The summed E-state index contributed by atoms with van der Waals surface area (Å²) in [5.41, 5.74) is 0. The zero-order valence-corrected chi connectivity index (χ0v) is 35.7. The first-order valence-electron chi connectivity index (χ1n) is 22.4. The van der Waals surface area contributed by atoms with Crippen LogP contribution >= 0.6 is 0 Å². The number of unbranched alkanes of at least 4 members (excludes halogenated alkanes) is 16. The molecule has 6 nitrogen and oxygen atoms in total. The average molecular weight is 767 g/mol. The first-order valence-corrected chi connectivity index (χ1v) is 22.4. The van der Waals surface area contributed by atoms with Crippen LogP contribution in [0.5, 0.6) is 0 Å². The molecule has 0 radical (unpaired) electrons. The van der Waals surface area contributed by atoms with Gasteiger partial charge in [0.1, 0.15) is 13.2 Å². The molecule has 6 heteroatoms. The molecule has 0 aromatic heterocycles. The van der Waals surface area contributed by atoms with Crippen LogP contribution in [0.15, 0.2) is 72.9 Å². The lowest BCUT2D eigenvalue weighted by atomic mass is 10.1. The molecule has 0 saturated carbocycles. The molecule has 0 aromatic rings. The van der Waals surface area contributed by atoms with Crippen LogP contribution in [0.2, 0.25) is 0 Å². The molecular formula is C49H82O6. The van der Waals surface area contributed by atoms with E-state index in [0.29, 0.717) is 25.7 Å². The fourth-order valence-electron chi connectivity index (χ4n) is 5.79. The predicted molar refractivity (Wildman–Crippen MR) is 233 cm³/mol. The highest BCUT2D eigenvalue weighted by atomic mass is 16.6. The second-order valence-electron chi connectivity index (χ2n) is 14.6. The second kappa shape index (κ2) is 43.6. The summed E-state index contributed by atoms with van der Waals surface area (Å²) in [6.07, 6.45) is 53.3. The molecule has 0 N–H and O–H groups in total. The van der Waals surface area contributed by atoms with Gasteiger partial charge in [0.25, 0.3) is 0 Å². The lowest BCUT2D eigenvalue weighted by molar-refractivity contribution is -0.167. The monoisotopic (exact) mass is 767 g/mol. The number of allylic oxidation sites excluding steroid dienone is 12. The lowest BCUT2D eigenvalue weighted by Gasteiger charge is -2.18. The van der Waals surface area contributed by atoms with Crippen molar-refractivity contribution in [2.45, 2.75) is 207 Å². The van der Waals surface area contributed by atoms with Crippen molar-refractivity contribution < 1.29 is 28.6 Å². The van der Waals surface area contributed by atoms with Crippen LogP contribution in [-0.2, 0) is 28.6 Å². The van der Waals surface area contributed by atoms with E-state index in [1.165, 1.54) is 64.2 Å². The minimum absolute atomic E-state index is 0.104. The molecule has 0 rings (SSSR count). The maximum atomic E-state index is 12.6. The number of rotatable bonds is 39. The van der Waals surface area contributed by atoms with E-state index in [0.717, 1.165) is 83.5 Å². The van der Waals surface area contributed by atoms with Gasteiger partial charge in [-0.15, -0.1) is 0 Å². The molecule has 0 heterocycles. The Morgan fingerprint density at radius 3 is 1.20 bits per heavy atom. The van der Waals surface area contributed by atoms with Crippen LogP contribution in [0.4, 0.5) is 0 Å². The van der Waals surface area contributed by atoms with E-state index in [-0.39, 0.29) is 37.5 Å². The van der Waals surface area contributed by atoms with Gasteiger partial charge in [0.2, 0.25) is 0 Å². The van der Waals surface area contributed by atoms with Gasteiger partial charge in [-0.25, -0.2) is 0 Å². The van der Waals surface area contributed by atoms with Gasteiger partial charge in [-0.05, 0) is 96.3 Å². The van der Waals surface area contributed by atoms with E-state index >= 15 is 0 Å². The molecule has 0 amide bonds. The third-order valence-electron chi connectivity index (χ3n) is 9.16. The van der Waals surface area contributed by atoms with Gasteiger partial charge >= 0.3 is 17.9 Å². The summed E-state index contributed by atoms with van der Waals surface area (Å²) in [5.74, 6) is -0.997. The molecule has 0 bridgehead atoms. The van der Waals surface area contributed by atoms with Crippen molar-refractivity contribution in [1.29, 1.82) is 0 Å². The standard InChI is InChI=1S/C49H82O6/c1-4-7-10-13-16-19-20-21-22-23-24-25-26-27-28-31-33-36-39-42-48(51)54-45-46(55-49(52)43-40-37-34-30-18-15-12-9-6-3)44-53-47(50)41-38-35-32-29-17-14-11-8-5-2/h7,10,16,19,21-22,24-25,29-30,32,34,46H,4-6,8-9,11-15,17-18,20,23,26-28,31,33,35-45H2,1-3H3/b10-7-,19-16-,22-21-,25-24-,32-29-,34-30-. The van der Waals surface area contributed by atoms with Gasteiger partial charge in [-0.2, -0.15) is 0 Å². The maximum absolute atomic E-state index is 12.6. The molecule has 0 saturated heterocycles. The zero-order valence-electron chi connectivity index (χ0n) is 35.7. The summed E-state index contributed by atoms with van der Waals surface area (Å²) in [5, 5.41) is 0. The molecule has 0 aliphatic heterocycles. The zero-order chi connectivity index (χ0) is 40.1. The third-order valence-corrected chi connectivity index (χ3v) is 9.16. The van der Waals surface area contributed by atoms with Crippen molar-refractivity contribution in [3.05, 3.63) is 72.9 Å². The van der Waals surface area contributed by atoms with Crippen LogP contribution in [0.25, 0.3) is 0 Å². The largest absolute Gasteiger partial charge is 0.462 e. The Balaban J connectivity index is 4.35. The Labute approximate surface area is 338 Å². The molecule has 0 spiro atoms. The number of hydrogen-bond donors (Lipinski definition) is 0. The Morgan fingerprint density at radius 1 is 0.382 bits per heavy atom. The highest BCUT2D eigenvalue weighted by molar-refractivity contribution is 5.71. The normalized spacial score (nSPS) is 12.7. The van der Waals surface area contributed by atoms with E-state index in [4.69, 9.17) is 14.2 Å². The molecule has 55 heavy (non-hydrogen) atoms. The van der Waals surface area contributed by atoms with Crippen molar-refractivity contribution in [2.24, 2.45) is 0 Å². The average Bonchev–Trinajstić information content (AvgIpc) is 3.18. The SMILES string of the molecule is CC/C=C\C/C=C\C/C=C\C/C=C\CCCCCCCCC(=O)OCC(COC(=O)CCC/C=C\CCCCCC)OC(=O)CCC/C=C\CCCCCC. The molecule has 0 aliphatic carbocycles. The number of hydrogen-bond acceptors (Lipinski definition) is 6. The molecule has 1 unspecified atom stereocenters. The third kappa shape index (κ3) is 41.8. The summed E-state index contributed by atoms with van der Waals surface area (Å²) in [6.45, 7) is 6.37. The summed E-state index contributed by atoms with van der Waals surface area (Å²) < 4.78 is 16.6. The topological polar surface area (TPSA) is 78.9 Å². The van der Waals surface area contributed by atoms with Gasteiger partial charge in [-0.1, -0.05) is 158 Å². The summed E-state index contributed by atoms with van der Waals surface area (Å²) >= 11 is 0. The first-order chi connectivity index (χ1) is 27.0. The second-order valence-corrected chi connectivity index (χ2v) is 14.6. The van der Waals surface area contributed by atoms with Crippen LogP contribution in [-0.4, -0.2) is 37.2 Å². The Bertz CT molecular complexity index is 1070. The Kier molecular flexibility index (Phi) is 41.1. The molecule has 314 valence electrons. The summed E-state index contributed by atoms with van der Waals surface area (Å²) in [6, 6.07) is 0. The number of carbonyl (C=O) groups excluding carboxylic acids is 3. The van der Waals surface area contributed by atoms with Crippen LogP contribution < -0.4 is 0 Å². The first kappa shape index (κ1) is 51.9. The predicted octanol–water partition coefficient (Wildman–Crippen LogP) is 14.3. The van der Waals surface area contributed by atoms with Crippen LogP contribution in [0.3, 0.4) is 0 Å². The van der Waals surface area contributed by atoms with E-state index in [1.807, 2.05) is 0 Å². The van der Waals surface area contributed by atoms with Crippen LogP contribution in [0, 0.1) is 0 Å². The molecule has 0 aliphatic rings. The highest BCUT2D eigenvalue weighted by Crippen LogP contribution is 2.12. The summed E-state index contributed by atoms with van der Waals surface area (Å²) in [4.78, 5) is 37.5. The maximum Gasteiger partial charge on any atom is 0.306 e. The summed E-state index contributed by atoms with van der Waals surface area (Å²) in [7, 11) is 0. The van der Waals surface area contributed by atoms with Crippen molar-refractivity contribution >= 4 is 17.9 Å². The molecule has 0 aromatic carbocycles. The van der Waals surface area contributed by atoms with Gasteiger partial charge in [0, 0.05) is 19.3 Å². The molecule has 0 fully saturated rings. The van der Waals surface area contributed by atoms with E-state index < -0.39 is 6.10 Å². The molecular weight excluding hydrogens is 685 g/mol.